The minimum atomic E-state index is -1.27. The number of carbonyl (C=O) groups excluding carboxylic acids is 3. The van der Waals surface area contributed by atoms with E-state index in [0.29, 0.717) is 12.0 Å². The number of nitrogens with one attached hydrogen (secondary N) is 4. The van der Waals surface area contributed by atoms with Crippen LogP contribution in [0, 0.1) is 0 Å². The van der Waals surface area contributed by atoms with Crippen LogP contribution in [0.3, 0.4) is 0 Å². The highest BCUT2D eigenvalue weighted by atomic mass is 32.1. The quantitative estimate of drug-likeness (QED) is 0.0364. The fourth-order valence-corrected chi connectivity index (χ4v) is 4.34. The van der Waals surface area contributed by atoms with Crippen molar-refractivity contribution in [1.82, 2.24) is 20.9 Å². The smallest absolute Gasteiger partial charge is 0.326 e. The van der Waals surface area contributed by atoms with Gasteiger partial charge in [-0.3, -0.25) is 24.4 Å². The van der Waals surface area contributed by atoms with Gasteiger partial charge in [-0.2, -0.15) is 12.6 Å². The summed E-state index contributed by atoms with van der Waals surface area (Å²) in [5, 5.41) is 18.3. The molecule has 4 atom stereocenters. The van der Waals surface area contributed by atoms with Crippen LogP contribution in [0.2, 0.25) is 0 Å². The van der Waals surface area contributed by atoms with Crippen molar-refractivity contribution in [3.63, 3.8) is 0 Å². The van der Waals surface area contributed by atoms with Crippen molar-refractivity contribution in [2.75, 3.05) is 18.8 Å². The third-order valence-electron chi connectivity index (χ3n) is 6.40. The molecule has 0 bridgehead atoms. The largest absolute Gasteiger partial charge is 0.480 e. The molecule has 17 heteroatoms. The first kappa shape index (κ1) is 34.7. The number of aromatic nitrogens is 1. The number of benzene rings is 1. The zero-order valence-electron chi connectivity index (χ0n) is 23.7. The number of H-pyrrole nitrogens is 1. The zero-order chi connectivity index (χ0) is 31.9. The van der Waals surface area contributed by atoms with Crippen LogP contribution in [-0.4, -0.2) is 88.7 Å². The SMILES string of the molecule is NC(N)=NCCCC(NC(=O)C(Cc1c[nH]c2ccccc12)NC(=O)C(CCCN=C(N)N)NC(=O)C(N)CS)C(=O)O. The summed E-state index contributed by atoms with van der Waals surface area (Å²) in [7, 11) is 0. The number of aliphatic carboxylic acids is 1. The van der Waals surface area contributed by atoms with Crippen LogP contribution in [0.5, 0.6) is 0 Å². The lowest BCUT2D eigenvalue weighted by Gasteiger charge is -2.25. The van der Waals surface area contributed by atoms with E-state index in [1.165, 1.54) is 0 Å². The molecule has 2 aromatic rings. The van der Waals surface area contributed by atoms with Gasteiger partial charge in [0.05, 0.1) is 6.04 Å². The van der Waals surface area contributed by atoms with Gasteiger partial charge in [0.1, 0.15) is 18.1 Å². The van der Waals surface area contributed by atoms with E-state index < -0.39 is 47.9 Å². The number of aromatic amines is 1. The number of carboxylic acids is 1. The number of hydrogen-bond acceptors (Lipinski definition) is 8. The van der Waals surface area contributed by atoms with Gasteiger partial charge in [-0.25, -0.2) is 4.79 Å². The van der Waals surface area contributed by atoms with Crippen molar-refractivity contribution in [2.24, 2.45) is 38.7 Å². The van der Waals surface area contributed by atoms with Gasteiger partial charge in [-0.05, 0) is 37.3 Å². The normalized spacial score (nSPS) is 13.6. The van der Waals surface area contributed by atoms with E-state index in [2.05, 4.69) is 43.5 Å². The molecular formula is C26H41N11O5S. The highest BCUT2D eigenvalue weighted by molar-refractivity contribution is 7.80. The van der Waals surface area contributed by atoms with Gasteiger partial charge in [-0.1, -0.05) is 18.2 Å². The van der Waals surface area contributed by atoms with E-state index in [9.17, 15) is 24.3 Å². The van der Waals surface area contributed by atoms with Crippen molar-refractivity contribution in [1.29, 1.82) is 0 Å². The van der Waals surface area contributed by atoms with E-state index in [4.69, 9.17) is 28.7 Å². The Morgan fingerprint density at radius 1 is 0.837 bits per heavy atom. The van der Waals surface area contributed by atoms with Crippen LogP contribution < -0.4 is 44.6 Å². The maximum absolute atomic E-state index is 13.5. The number of carbonyl (C=O) groups is 4. The van der Waals surface area contributed by atoms with Crippen molar-refractivity contribution in [3.05, 3.63) is 36.0 Å². The highest BCUT2D eigenvalue weighted by Gasteiger charge is 2.30. The van der Waals surface area contributed by atoms with Gasteiger partial charge in [0, 0.05) is 42.4 Å². The molecule has 4 unspecified atom stereocenters. The molecule has 236 valence electrons. The van der Waals surface area contributed by atoms with Crippen LogP contribution in [0.25, 0.3) is 10.9 Å². The molecule has 1 aromatic heterocycles. The molecule has 0 aliphatic rings. The second-order valence-electron chi connectivity index (χ2n) is 9.77. The molecule has 16 nitrogen and oxygen atoms in total. The van der Waals surface area contributed by atoms with Crippen LogP contribution >= 0.6 is 12.6 Å². The summed E-state index contributed by atoms with van der Waals surface area (Å²) in [4.78, 5) is 62.3. The molecule has 15 N–H and O–H groups in total. The zero-order valence-corrected chi connectivity index (χ0v) is 24.6. The van der Waals surface area contributed by atoms with Gasteiger partial charge in [0.25, 0.3) is 0 Å². The van der Waals surface area contributed by atoms with E-state index in [-0.39, 0.29) is 56.4 Å². The van der Waals surface area contributed by atoms with Gasteiger partial charge in [0.15, 0.2) is 11.9 Å². The average molecular weight is 620 g/mol. The number of rotatable bonds is 18. The van der Waals surface area contributed by atoms with Gasteiger partial charge < -0.3 is 54.7 Å². The lowest BCUT2D eigenvalue weighted by Crippen LogP contribution is -2.57. The number of fused-ring (bicyclic) bond motifs is 1. The summed E-state index contributed by atoms with van der Waals surface area (Å²) in [6, 6.07) is 2.84. The minimum absolute atomic E-state index is 0.0206. The number of guanidine groups is 2. The molecule has 43 heavy (non-hydrogen) atoms. The summed E-state index contributed by atoms with van der Waals surface area (Å²) in [5.41, 5.74) is 28.7. The Bertz CT molecular complexity index is 1310. The van der Waals surface area contributed by atoms with E-state index in [0.717, 1.165) is 10.9 Å². The van der Waals surface area contributed by atoms with Crippen molar-refractivity contribution in [3.8, 4) is 0 Å². The fourth-order valence-electron chi connectivity index (χ4n) is 4.17. The maximum atomic E-state index is 13.5. The molecule has 2 rings (SSSR count). The molecule has 0 saturated carbocycles. The third-order valence-corrected chi connectivity index (χ3v) is 6.80. The Balaban J connectivity index is 2.30. The molecule has 0 fully saturated rings. The molecule has 3 amide bonds. The topological polar surface area (TPSA) is 295 Å². The molecule has 0 spiro atoms. The van der Waals surface area contributed by atoms with Crippen LogP contribution in [0.15, 0.2) is 40.4 Å². The Morgan fingerprint density at radius 2 is 1.37 bits per heavy atom. The summed E-state index contributed by atoms with van der Waals surface area (Å²) < 4.78 is 0. The second kappa shape index (κ2) is 17.4. The number of hydrogen-bond donors (Lipinski definition) is 11. The fraction of sp³-hybridized carbons (Fsp3) is 0.462. The van der Waals surface area contributed by atoms with E-state index in [1.807, 2.05) is 24.3 Å². The highest BCUT2D eigenvalue weighted by Crippen LogP contribution is 2.19. The first-order chi connectivity index (χ1) is 20.4. The number of nitrogens with zero attached hydrogens (tertiary/aromatic N) is 2. The van der Waals surface area contributed by atoms with E-state index in [1.54, 1.807) is 6.20 Å². The average Bonchev–Trinajstić information content (AvgIpc) is 3.37. The molecular weight excluding hydrogens is 578 g/mol. The van der Waals surface area contributed by atoms with Crippen molar-refractivity contribution in [2.45, 2.75) is 56.3 Å². The Hall–Kier alpha value is -4.51. The van der Waals surface area contributed by atoms with Crippen LogP contribution in [-0.2, 0) is 25.6 Å². The Morgan fingerprint density at radius 3 is 1.95 bits per heavy atom. The second-order valence-corrected chi connectivity index (χ2v) is 10.1. The monoisotopic (exact) mass is 619 g/mol. The standard InChI is InChI=1S/C26H41N11O5S/c27-16(13-43)21(38)35-18(7-3-9-32-25(28)29)22(39)37-20(11-14-12-34-17-6-2-1-5-15(14)17)23(40)36-19(24(41)42)8-4-10-33-26(30)31/h1-2,5-6,12,16,18-20,34,43H,3-4,7-11,13,27H2,(H,35,38)(H,36,40)(H,37,39)(H,41,42)(H4,28,29,32)(H4,30,31,33). The number of thiol groups is 1. The maximum Gasteiger partial charge on any atom is 0.326 e. The molecule has 1 heterocycles. The van der Waals surface area contributed by atoms with Gasteiger partial charge >= 0.3 is 5.97 Å². The summed E-state index contributed by atoms with van der Waals surface area (Å²) in [6.45, 7) is 0.368. The number of para-hydroxylation sites is 1. The Kier molecular flexibility index (Phi) is 14.1. The molecule has 0 radical (unpaired) electrons. The number of amides is 3. The summed E-state index contributed by atoms with van der Waals surface area (Å²) in [6.07, 6.45) is 2.49. The summed E-state index contributed by atoms with van der Waals surface area (Å²) >= 11 is 4.03. The van der Waals surface area contributed by atoms with Crippen LogP contribution in [0.1, 0.15) is 31.2 Å². The molecule has 0 aliphatic carbocycles. The predicted octanol–water partition coefficient (Wildman–Crippen LogP) is -2.39. The Labute approximate surface area is 254 Å². The van der Waals surface area contributed by atoms with Gasteiger partial charge in [-0.15, -0.1) is 0 Å². The lowest BCUT2D eigenvalue weighted by molar-refractivity contribution is -0.142. The summed E-state index contributed by atoms with van der Waals surface area (Å²) in [5.74, 6) is -3.49. The molecule has 0 saturated heterocycles. The molecule has 1 aromatic carbocycles. The minimum Gasteiger partial charge on any atom is -0.480 e. The van der Waals surface area contributed by atoms with E-state index >= 15 is 0 Å². The lowest BCUT2D eigenvalue weighted by atomic mass is 10.0. The number of carboxylic acid groups (broad SMARTS) is 1. The van der Waals surface area contributed by atoms with Gasteiger partial charge in [0.2, 0.25) is 17.7 Å². The molecule has 0 aliphatic heterocycles. The van der Waals surface area contributed by atoms with Crippen molar-refractivity contribution < 1.29 is 24.3 Å². The number of aliphatic imine (C=N–C) groups is 2. The van der Waals surface area contributed by atoms with Crippen molar-refractivity contribution >= 4 is 59.1 Å². The number of nitrogens with two attached hydrogens (primary N) is 5. The third kappa shape index (κ3) is 11.7. The first-order valence-corrected chi connectivity index (χ1v) is 14.2. The van der Waals surface area contributed by atoms with Crippen LogP contribution in [0.4, 0.5) is 0 Å². The predicted molar refractivity (Wildman–Crippen MR) is 167 cm³/mol. The first-order valence-electron chi connectivity index (χ1n) is 13.6.